The Kier molecular flexibility index (Phi) is 3.01. The molecule has 5 nitrogen and oxygen atoms in total. The number of nitrogens with one attached hydrogen (secondary N) is 1. The van der Waals surface area contributed by atoms with Gasteiger partial charge in [0.05, 0.1) is 7.11 Å². The number of methoxy groups -OCH3 is 1. The van der Waals surface area contributed by atoms with E-state index >= 15 is 0 Å². The fourth-order valence-electron chi connectivity index (χ4n) is 0.631. The van der Waals surface area contributed by atoms with E-state index in [9.17, 15) is 4.79 Å². The number of rotatable bonds is 3. The Morgan fingerprint density at radius 3 is 3.17 bits per heavy atom. The second kappa shape index (κ2) is 4.27. The lowest BCUT2D eigenvalue weighted by molar-refractivity contribution is -0.138. The van der Waals surface area contributed by atoms with Gasteiger partial charge in [-0.3, -0.25) is 4.79 Å². The van der Waals surface area contributed by atoms with Crippen molar-refractivity contribution in [3.63, 3.8) is 0 Å². The molecule has 12 heavy (non-hydrogen) atoms. The van der Waals surface area contributed by atoms with Crippen molar-refractivity contribution in [2.24, 2.45) is 0 Å². The number of nitrogens with zero attached hydrogens (tertiary/aromatic N) is 2. The molecule has 0 aliphatic rings. The molecule has 0 radical (unpaired) electrons. The predicted octanol–water partition coefficient (Wildman–Crippen LogP) is 0.0615. The van der Waals surface area contributed by atoms with Gasteiger partial charge in [-0.15, -0.1) is 5.10 Å². The van der Waals surface area contributed by atoms with E-state index in [-0.39, 0.29) is 12.5 Å². The van der Waals surface area contributed by atoms with Crippen molar-refractivity contribution in [2.75, 3.05) is 19.0 Å². The molecule has 0 amide bonds. The van der Waals surface area contributed by atoms with Crippen LogP contribution < -0.4 is 5.32 Å². The predicted molar refractivity (Wildman–Crippen MR) is 42.5 cm³/mol. The molecule has 0 saturated carbocycles. The highest BCUT2D eigenvalue weighted by Gasteiger charge is 1.98. The zero-order valence-electron chi connectivity index (χ0n) is 6.65. The van der Waals surface area contributed by atoms with Crippen LogP contribution in [-0.2, 0) is 9.53 Å². The molecule has 64 valence electrons. The summed E-state index contributed by atoms with van der Waals surface area (Å²) in [6, 6.07) is 3.45. The van der Waals surface area contributed by atoms with Crippen LogP contribution in [0.4, 0.5) is 5.82 Å². The second-order valence-electron chi connectivity index (χ2n) is 2.04. The monoisotopic (exact) mass is 167 g/mol. The molecule has 1 aromatic heterocycles. The van der Waals surface area contributed by atoms with E-state index in [1.165, 1.54) is 7.11 Å². The maximum absolute atomic E-state index is 10.7. The molecule has 0 spiro atoms. The fourth-order valence-corrected chi connectivity index (χ4v) is 0.631. The summed E-state index contributed by atoms with van der Waals surface area (Å²) < 4.78 is 4.42. The first-order chi connectivity index (χ1) is 5.83. The number of hydrogen-bond donors (Lipinski definition) is 1. The lowest BCUT2D eigenvalue weighted by atomic mass is 10.5. The Bertz CT molecular complexity index is 250. The Hall–Kier alpha value is -1.65. The summed E-state index contributed by atoms with van der Waals surface area (Å²) >= 11 is 0. The number of ether oxygens (including phenoxy) is 1. The van der Waals surface area contributed by atoms with E-state index in [2.05, 4.69) is 20.3 Å². The van der Waals surface area contributed by atoms with Crippen molar-refractivity contribution in [2.45, 2.75) is 0 Å². The van der Waals surface area contributed by atoms with Gasteiger partial charge in [0.2, 0.25) is 0 Å². The topological polar surface area (TPSA) is 64.1 Å². The van der Waals surface area contributed by atoms with Crippen LogP contribution in [0, 0.1) is 0 Å². The summed E-state index contributed by atoms with van der Waals surface area (Å²) in [4.78, 5) is 10.7. The molecule has 1 heterocycles. The SMILES string of the molecule is COC(=O)CNc1cccnn1. The van der Waals surface area contributed by atoms with Gasteiger partial charge in [-0.05, 0) is 12.1 Å². The average molecular weight is 167 g/mol. The Balaban J connectivity index is 2.38. The fraction of sp³-hybridized carbons (Fsp3) is 0.286. The van der Waals surface area contributed by atoms with Gasteiger partial charge < -0.3 is 10.1 Å². The molecule has 5 heteroatoms. The van der Waals surface area contributed by atoms with Crippen molar-refractivity contribution in [3.8, 4) is 0 Å². The minimum absolute atomic E-state index is 0.106. The number of aromatic nitrogens is 2. The highest BCUT2D eigenvalue weighted by Crippen LogP contribution is 1.96. The Morgan fingerprint density at radius 2 is 2.58 bits per heavy atom. The van der Waals surface area contributed by atoms with Gasteiger partial charge in [-0.2, -0.15) is 5.10 Å². The summed E-state index contributed by atoms with van der Waals surface area (Å²) in [6.07, 6.45) is 1.56. The van der Waals surface area contributed by atoms with Crippen molar-refractivity contribution in [1.29, 1.82) is 0 Å². The molecule has 0 aromatic carbocycles. The molecular weight excluding hydrogens is 158 g/mol. The summed E-state index contributed by atoms with van der Waals surface area (Å²) in [5.41, 5.74) is 0. The van der Waals surface area contributed by atoms with Crippen molar-refractivity contribution < 1.29 is 9.53 Å². The molecule has 0 aliphatic carbocycles. The lowest BCUT2D eigenvalue weighted by Crippen LogP contribution is -2.15. The standard InChI is InChI=1S/C7H9N3O2/c1-12-7(11)5-8-6-3-2-4-9-10-6/h2-4H,5H2,1H3,(H,8,10). The molecule has 1 rings (SSSR count). The number of hydrogen-bond acceptors (Lipinski definition) is 5. The second-order valence-corrected chi connectivity index (χ2v) is 2.04. The minimum Gasteiger partial charge on any atom is -0.468 e. The average Bonchev–Trinajstić information content (AvgIpc) is 2.16. The maximum atomic E-state index is 10.7. The smallest absolute Gasteiger partial charge is 0.325 e. The number of carbonyl (C=O) groups excluding carboxylic acids is 1. The van der Waals surface area contributed by atoms with E-state index in [1.54, 1.807) is 18.3 Å². The van der Waals surface area contributed by atoms with Crippen LogP contribution in [0.5, 0.6) is 0 Å². The van der Waals surface area contributed by atoms with Crippen LogP contribution in [0.25, 0.3) is 0 Å². The van der Waals surface area contributed by atoms with E-state index in [4.69, 9.17) is 0 Å². The van der Waals surface area contributed by atoms with Gasteiger partial charge in [-0.1, -0.05) is 0 Å². The molecule has 0 aliphatic heterocycles. The van der Waals surface area contributed by atoms with Gasteiger partial charge in [-0.25, -0.2) is 0 Å². The van der Waals surface area contributed by atoms with Crippen LogP contribution in [-0.4, -0.2) is 29.8 Å². The minimum atomic E-state index is -0.333. The Labute approximate surface area is 69.8 Å². The largest absolute Gasteiger partial charge is 0.468 e. The lowest BCUT2D eigenvalue weighted by Gasteiger charge is -2.01. The number of anilines is 1. The molecule has 0 atom stereocenters. The van der Waals surface area contributed by atoms with Gasteiger partial charge in [0.25, 0.3) is 0 Å². The van der Waals surface area contributed by atoms with E-state index in [0.717, 1.165) is 0 Å². The first kappa shape index (κ1) is 8.45. The molecule has 1 N–H and O–H groups in total. The number of esters is 1. The molecule has 0 bridgehead atoms. The summed E-state index contributed by atoms with van der Waals surface area (Å²) in [5.74, 6) is 0.226. The first-order valence-corrected chi connectivity index (χ1v) is 3.41. The number of carbonyl (C=O) groups is 1. The normalized spacial score (nSPS) is 9.08. The summed E-state index contributed by atoms with van der Waals surface area (Å²) in [7, 11) is 1.33. The molecule has 0 fully saturated rings. The van der Waals surface area contributed by atoms with Crippen LogP contribution in [0.1, 0.15) is 0 Å². The highest BCUT2D eigenvalue weighted by molar-refractivity contribution is 5.74. The van der Waals surface area contributed by atoms with Crippen LogP contribution in [0.2, 0.25) is 0 Å². The highest BCUT2D eigenvalue weighted by atomic mass is 16.5. The van der Waals surface area contributed by atoms with Gasteiger partial charge in [0.1, 0.15) is 12.4 Å². The summed E-state index contributed by atoms with van der Waals surface area (Å²) in [5, 5.41) is 10.1. The van der Waals surface area contributed by atoms with Crippen LogP contribution in [0.15, 0.2) is 18.3 Å². The third kappa shape index (κ3) is 2.53. The molecule has 0 saturated heterocycles. The molecule has 0 unspecified atom stereocenters. The Morgan fingerprint density at radius 1 is 1.75 bits per heavy atom. The quantitative estimate of drug-likeness (QED) is 0.645. The van der Waals surface area contributed by atoms with Crippen molar-refractivity contribution >= 4 is 11.8 Å². The van der Waals surface area contributed by atoms with Gasteiger partial charge in [0, 0.05) is 6.20 Å². The zero-order valence-corrected chi connectivity index (χ0v) is 6.65. The summed E-state index contributed by atoms with van der Waals surface area (Å²) in [6.45, 7) is 0.106. The third-order valence-electron chi connectivity index (χ3n) is 1.21. The van der Waals surface area contributed by atoms with E-state index in [1.807, 2.05) is 0 Å². The van der Waals surface area contributed by atoms with E-state index < -0.39 is 0 Å². The molecule has 1 aromatic rings. The molecular formula is C7H9N3O2. The first-order valence-electron chi connectivity index (χ1n) is 3.41. The van der Waals surface area contributed by atoms with Gasteiger partial charge in [0.15, 0.2) is 0 Å². The maximum Gasteiger partial charge on any atom is 0.325 e. The van der Waals surface area contributed by atoms with E-state index in [0.29, 0.717) is 5.82 Å². The van der Waals surface area contributed by atoms with Crippen molar-refractivity contribution in [3.05, 3.63) is 18.3 Å². The van der Waals surface area contributed by atoms with Crippen LogP contribution in [0.3, 0.4) is 0 Å². The van der Waals surface area contributed by atoms with Gasteiger partial charge >= 0.3 is 5.97 Å². The van der Waals surface area contributed by atoms with Crippen molar-refractivity contribution in [1.82, 2.24) is 10.2 Å². The zero-order chi connectivity index (χ0) is 8.81. The third-order valence-corrected chi connectivity index (χ3v) is 1.21. The van der Waals surface area contributed by atoms with Crippen LogP contribution >= 0.6 is 0 Å².